The number of rotatable bonds is 4. The van der Waals surface area contributed by atoms with Crippen molar-refractivity contribution in [1.29, 1.82) is 0 Å². The molecule has 3 rings (SSSR count). The number of amides is 2. The van der Waals surface area contributed by atoms with E-state index in [4.69, 9.17) is 14.2 Å². The summed E-state index contributed by atoms with van der Waals surface area (Å²) in [5, 5.41) is 0. The number of para-hydroxylation sites is 1. The van der Waals surface area contributed by atoms with Gasteiger partial charge in [-0.05, 0) is 38.8 Å². The molecular weight excluding hydrogens is 360 g/mol. The van der Waals surface area contributed by atoms with Gasteiger partial charge in [0.1, 0.15) is 0 Å². The van der Waals surface area contributed by atoms with Crippen LogP contribution >= 0.6 is 0 Å². The molecule has 2 amide bonds. The summed E-state index contributed by atoms with van der Waals surface area (Å²) in [6.45, 7) is 6.40. The van der Waals surface area contributed by atoms with Crippen LogP contribution in [0.15, 0.2) is 18.2 Å². The summed E-state index contributed by atoms with van der Waals surface area (Å²) in [6.07, 6.45) is 1.48. The molecule has 0 aliphatic carbocycles. The molecule has 28 heavy (non-hydrogen) atoms. The van der Waals surface area contributed by atoms with Crippen molar-refractivity contribution < 1.29 is 23.8 Å². The molecule has 0 aromatic heterocycles. The summed E-state index contributed by atoms with van der Waals surface area (Å²) in [6, 6.07) is 5.30. The Kier molecular flexibility index (Phi) is 6.44. The molecular formula is C21H30N2O5. The zero-order valence-corrected chi connectivity index (χ0v) is 17.1. The predicted octanol–water partition coefficient (Wildman–Crippen LogP) is 2.19. The van der Waals surface area contributed by atoms with Gasteiger partial charge >= 0.3 is 0 Å². The number of carbonyl (C=O) groups excluding carboxylic acids is 2. The maximum absolute atomic E-state index is 13.0. The molecule has 0 bridgehead atoms. The maximum Gasteiger partial charge on any atom is 0.257 e. The number of benzene rings is 1. The molecule has 0 radical (unpaired) electrons. The lowest BCUT2D eigenvalue weighted by molar-refractivity contribution is -0.148. The fraction of sp³-hybridized carbons (Fsp3) is 0.619. The normalized spacial score (nSPS) is 23.4. The van der Waals surface area contributed by atoms with Crippen LogP contribution in [0.4, 0.5) is 0 Å². The van der Waals surface area contributed by atoms with Crippen LogP contribution in [0.25, 0.3) is 0 Å². The van der Waals surface area contributed by atoms with Crippen LogP contribution in [0, 0.1) is 5.92 Å². The lowest BCUT2D eigenvalue weighted by Crippen LogP contribution is -2.51. The Balaban J connectivity index is 1.62. The first-order valence-corrected chi connectivity index (χ1v) is 9.89. The molecule has 2 saturated heterocycles. The van der Waals surface area contributed by atoms with Crippen molar-refractivity contribution in [2.75, 3.05) is 40.4 Å². The van der Waals surface area contributed by atoms with Crippen LogP contribution in [0.2, 0.25) is 0 Å². The van der Waals surface area contributed by atoms with Crippen molar-refractivity contribution in [1.82, 2.24) is 9.80 Å². The Morgan fingerprint density at radius 1 is 1.00 bits per heavy atom. The zero-order valence-electron chi connectivity index (χ0n) is 17.1. The van der Waals surface area contributed by atoms with Crippen molar-refractivity contribution >= 4 is 11.8 Å². The first kappa shape index (κ1) is 20.5. The minimum Gasteiger partial charge on any atom is -0.493 e. The number of methoxy groups -OCH3 is 2. The number of likely N-dealkylation sites (tertiary alicyclic amines) is 1. The van der Waals surface area contributed by atoms with Gasteiger partial charge in [-0.15, -0.1) is 0 Å². The van der Waals surface area contributed by atoms with Gasteiger partial charge in [0.2, 0.25) is 5.91 Å². The van der Waals surface area contributed by atoms with E-state index in [0.717, 1.165) is 0 Å². The summed E-state index contributed by atoms with van der Waals surface area (Å²) < 4.78 is 16.4. The standard InChI is InChI=1S/C21H30N2O5/c1-14-12-23(13-15(2)28-14)20(24)16-8-10-22(11-9-16)21(25)17-6-5-7-18(26-3)19(17)27-4/h5-7,14-16H,8-13H2,1-4H3. The van der Waals surface area contributed by atoms with Gasteiger partial charge in [0, 0.05) is 32.1 Å². The van der Waals surface area contributed by atoms with Crippen molar-refractivity contribution in [2.45, 2.75) is 38.9 Å². The maximum atomic E-state index is 13.0. The van der Waals surface area contributed by atoms with Crippen molar-refractivity contribution in [3.05, 3.63) is 23.8 Å². The monoisotopic (exact) mass is 390 g/mol. The summed E-state index contributed by atoms with van der Waals surface area (Å²) in [7, 11) is 3.08. The fourth-order valence-electron chi connectivity index (χ4n) is 4.17. The van der Waals surface area contributed by atoms with Crippen LogP contribution in [-0.4, -0.2) is 74.2 Å². The second kappa shape index (κ2) is 8.82. The second-order valence-electron chi connectivity index (χ2n) is 7.61. The molecule has 2 fully saturated rings. The highest BCUT2D eigenvalue weighted by molar-refractivity contribution is 5.98. The molecule has 2 aliphatic heterocycles. The van der Waals surface area contributed by atoms with Crippen molar-refractivity contribution in [3.8, 4) is 11.5 Å². The molecule has 7 heteroatoms. The molecule has 2 unspecified atom stereocenters. The number of hydrogen-bond acceptors (Lipinski definition) is 5. The van der Waals surface area contributed by atoms with Crippen LogP contribution in [0.3, 0.4) is 0 Å². The van der Waals surface area contributed by atoms with Crippen LogP contribution < -0.4 is 9.47 Å². The number of hydrogen-bond donors (Lipinski definition) is 0. The van der Waals surface area contributed by atoms with Gasteiger partial charge in [-0.3, -0.25) is 9.59 Å². The molecule has 0 spiro atoms. The summed E-state index contributed by atoms with van der Waals surface area (Å²) in [5.74, 6) is 1.05. The van der Waals surface area contributed by atoms with E-state index in [1.165, 1.54) is 7.11 Å². The van der Waals surface area contributed by atoms with Gasteiger partial charge in [-0.25, -0.2) is 0 Å². The van der Waals surface area contributed by atoms with Crippen LogP contribution in [0.5, 0.6) is 11.5 Å². The van der Waals surface area contributed by atoms with Crippen molar-refractivity contribution in [2.24, 2.45) is 5.92 Å². The van der Waals surface area contributed by atoms with E-state index in [9.17, 15) is 9.59 Å². The topological polar surface area (TPSA) is 68.3 Å². The number of nitrogens with zero attached hydrogens (tertiary/aromatic N) is 2. The fourth-order valence-corrected chi connectivity index (χ4v) is 4.17. The van der Waals surface area contributed by atoms with E-state index < -0.39 is 0 Å². The van der Waals surface area contributed by atoms with E-state index in [1.807, 2.05) is 18.7 Å². The smallest absolute Gasteiger partial charge is 0.257 e. The third kappa shape index (κ3) is 4.24. The third-order valence-electron chi connectivity index (χ3n) is 5.50. The molecule has 2 aliphatic rings. The number of morpholine rings is 1. The Morgan fingerprint density at radius 2 is 1.64 bits per heavy atom. The van der Waals surface area contributed by atoms with E-state index in [1.54, 1.807) is 30.2 Å². The zero-order chi connectivity index (χ0) is 20.3. The predicted molar refractivity (Wildman–Crippen MR) is 105 cm³/mol. The molecule has 2 atom stereocenters. The molecule has 7 nitrogen and oxygen atoms in total. The highest BCUT2D eigenvalue weighted by Crippen LogP contribution is 2.32. The Morgan fingerprint density at radius 3 is 2.21 bits per heavy atom. The van der Waals surface area contributed by atoms with Gasteiger partial charge in [-0.1, -0.05) is 6.07 Å². The van der Waals surface area contributed by atoms with Gasteiger partial charge in [0.15, 0.2) is 11.5 Å². The first-order valence-electron chi connectivity index (χ1n) is 9.89. The van der Waals surface area contributed by atoms with Gasteiger partial charge in [0.25, 0.3) is 5.91 Å². The van der Waals surface area contributed by atoms with Crippen molar-refractivity contribution in [3.63, 3.8) is 0 Å². The third-order valence-corrected chi connectivity index (χ3v) is 5.50. The number of ether oxygens (including phenoxy) is 3. The van der Waals surface area contributed by atoms with Gasteiger partial charge in [0.05, 0.1) is 32.0 Å². The lowest BCUT2D eigenvalue weighted by Gasteiger charge is -2.39. The van der Waals surface area contributed by atoms with E-state index in [2.05, 4.69) is 0 Å². The first-order chi connectivity index (χ1) is 13.4. The largest absolute Gasteiger partial charge is 0.493 e. The minimum absolute atomic E-state index is 0.0336. The Labute approximate surface area is 166 Å². The highest BCUT2D eigenvalue weighted by Gasteiger charge is 2.34. The van der Waals surface area contributed by atoms with Crippen LogP contribution in [0.1, 0.15) is 37.0 Å². The van der Waals surface area contributed by atoms with E-state index >= 15 is 0 Å². The van der Waals surface area contributed by atoms with E-state index in [0.29, 0.717) is 56.1 Å². The van der Waals surface area contributed by atoms with Gasteiger partial charge < -0.3 is 24.0 Å². The minimum atomic E-state index is -0.0877. The molecule has 1 aromatic carbocycles. The quantitative estimate of drug-likeness (QED) is 0.788. The Bertz CT molecular complexity index is 705. The summed E-state index contributed by atoms with van der Waals surface area (Å²) in [5.41, 5.74) is 0.488. The molecule has 0 N–H and O–H groups in total. The van der Waals surface area contributed by atoms with E-state index in [-0.39, 0.29) is 29.9 Å². The van der Waals surface area contributed by atoms with Gasteiger partial charge in [-0.2, -0.15) is 0 Å². The lowest BCUT2D eigenvalue weighted by atomic mass is 9.94. The Hall–Kier alpha value is -2.28. The molecule has 154 valence electrons. The SMILES string of the molecule is COc1cccc(C(=O)N2CCC(C(=O)N3CC(C)OC(C)C3)CC2)c1OC. The summed E-state index contributed by atoms with van der Waals surface area (Å²) >= 11 is 0. The number of carbonyl (C=O) groups is 2. The average molecular weight is 390 g/mol. The highest BCUT2D eigenvalue weighted by atomic mass is 16.5. The second-order valence-corrected chi connectivity index (χ2v) is 7.61. The molecule has 0 saturated carbocycles. The average Bonchev–Trinajstić information content (AvgIpc) is 2.71. The van der Waals surface area contributed by atoms with Crippen LogP contribution in [-0.2, 0) is 9.53 Å². The number of piperidine rings is 1. The molecule has 2 heterocycles. The summed E-state index contributed by atoms with van der Waals surface area (Å²) in [4.78, 5) is 29.6. The molecule has 1 aromatic rings.